The highest BCUT2D eigenvalue weighted by atomic mass is 35.5. The monoisotopic (exact) mass is 385 g/mol. The molecule has 2 aromatic carbocycles. The molecular formula is C14H12ClN3O4S2. The Morgan fingerprint density at radius 2 is 1.92 bits per heavy atom. The van der Waals surface area contributed by atoms with E-state index < -0.39 is 10.0 Å². The molecule has 0 radical (unpaired) electrons. The van der Waals surface area contributed by atoms with Gasteiger partial charge in [0.1, 0.15) is 27.4 Å². The van der Waals surface area contributed by atoms with Crippen LogP contribution in [0.5, 0.6) is 11.5 Å². The van der Waals surface area contributed by atoms with Gasteiger partial charge in [0.15, 0.2) is 0 Å². The average molecular weight is 386 g/mol. The summed E-state index contributed by atoms with van der Waals surface area (Å²) >= 11 is 7.11. The van der Waals surface area contributed by atoms with Crippen LogP contribution >= 0.6 is 23.3 Å². The number of fused-ring (bicyclic) bond motifs is 1. The fourth-order valence-corrected chi connectivity index (χ4v) is 4.18. The Balaban J connectivity index is 2.12. The number of methoxy groups -OCH3 is 2. The molecule has 0 aliphatic rings. The number of benzene rings is 2. The lowest BCUT2D eigenvalue weighted by molar-refractivity contribution is 0.392. The number of hydrogen-bond acceptors (Lipinski definition) is 7. The third-order valence-electron chi connectivity index (χ3n) is 3.27. The van der Waals surface area contributed by atoms with Gasteiger partial charge >= 0.3 is 0 Å². The van der Waals surface area contributed by atoms with Crippen LogP contribution in [0.2, 0.25) is 5.02 Å². The van der Waals surface area contributed by atoms with Gasteiger partial charge in [0, 0.05) is 6.07 Å². The molecular weight excluding hydrogens is 374 g/mol. The molecule has 1 aromatic heterocycles. The molecule has 0 atom stereocenters. The maximum absolute atomic E-state index is 12.8. The second kappa shape index (κ2) is 6.42. The van der Waals surface area contributed by atoms with Gasteiger partial charge in [0.05, 0.1) is 36.7 Å². The zero-order valence-electron chi connectivity index (χ0n) is 12.6. The Bertz CT molecular complexity index is 1000. The first kappa shape index (κ1) is 16.7. The van der Waals surface area contributed by atoms with E-state index in [1.807, 2.05) is 0 Å². The average Bonchev–Trinajstić information content (AvgIpc) is 3.05. The van der Waals surface area contributed by atoms with Crippen LogP contribution in [0.15, 0.2) is 35.2 Å². The Morgan fingerprint density at radius 1 is 1.12 bits per heavy atom. The van der Waals surface area contributed by atoms with Gasteiger partial charge in [0.25, 0.3) is 10.0 Å². The van der Waals surface area contributed by atoms with Crippen molar-refractivity contribution in [3.05, 3.63) is 35.4 Å². The van der Waals surface area contributed by atoms with Crippen LogP contribution in [0.3, 0.4) is 0 Å². The van der Waals surface area contributed by atoms with Crippen molar-refractivity contribution in [3.8, 4) is 11.5 Å². The number of nitrogens with one attached hydrogen (secondary N) is 1. The SMILES string of the molecule is COc1ccc(OC)c(S(=O)(=O)Nc2c(Cl)ccc3nsnc23)c1. The fraction of sp³-hybridized carbons (Fsp3) is 0.143. The number of halogens is 1. The molecule has 0 fully saturated rings. The van der Waals surface area contributed by atoms with Crippen molar-refractivity contribution >= 4 is 50.1 Å². The van der Waals surface area contributed by atoms with Crippen molar-refractivity contribution in [2.75, 3.05) is 18.9 Å². The summed E-state index contributed by atoms with van der Waals surface area (Å²) in [6.07, 6.45) is 0. The van der Waals surface area contributed by atoms with E-state index in [0.717, 1.165) is 11.7 Å². The van der Waals surface area contributed by atoms with Crippen LogP contribution in [0.1, 0.15) is 0 Å². The van der Waals surface area contributed by atoms with Crippen LogP contribution in [-0.2, 0) is 10.0 Å². The molecule has 0 aliphatic heterocycles. The van der Waals surface area contributed by atoms with Gasteiger partial charge in [-0.2, -0.15) is 8.75 Å². The number of nitrogens with zero attached hydrogens (tertiary/aromatic N) is 2. The molecule has 7 nitrogen and oxygen atoms in total. The molecule has 0 unspecified atom stereocenters. The Hall–Kier alpha value is -2.10. The normalized spacial score (nSPS) is 11.5. The molecule has 0 spiro atoms. The van der Waals surface area contributed by atoms with Crippen molar-refractivity contribution in [1.29, 1.82) is 0 Å². The van der Waals surface area contributed by atoms with E-state index in [-0.39, 0.29) is 21.4 Å². The van der Waals surface area contributed by atoms with Crippen molar-refractivity contribution in [1.82, 2.24) is 8.75 Å². The Morgan fingerprint density at radius 3 is 2.62 bits per heavy atom. The molecule has 24 heavy (non-hydrogen) atoms. The van der Waals surface area contributed by atoms with Gasteiger partial charge in [-0.3, -0.25) is 4.72 Å². The maximum Gasteiger partial charge on any atom is 0.265 e. The van der Waals surface area contributed by atoms with Gasteiger partial charge < -0.3 is 9.47 Å². The van der Waals surface area contributed by atoms with Crippen molar-refractivity contribution < 1.29 is 17.9 Å². The van der Waals surface area contributed by atoms with E-state index >= 15 is 0 Å². The molecule has 3 aromatic rings. The predicted octanol–water partition coefficient (Wildman–Crippen LogP) is 3.16. The molecule has 0 saturated heterocycles. The lowest BCUT2D eigenvalue weighted by Gasteiger charge is -2.13. The second-order valence-corrected chi connectivity index (χ2v) is 7.26. The standard InChI is InChI=1S/C14H12ClN3O4S2/c1-21-8-3-6-11(22-2)12(7-8)24(19,20)18-13-9(15)4-5-10-14(13)17-23-16-10/h3-7,18H,1-2H3. The molecule has 0 bridgehead atoms. The summed E-state index contributed by atoms with van der Waals surface area (Å²) in [7, 11) is -1.15. The minimum atomic E-state index is -3.98. The minimum Gasteiger partial charge on any atom is -0.497 e. The van der Waals surface area contributed by atoms with E-state index in [1.165, 1.54) is 26.4 Å². The van der Waals surface area contributed by atoms with E-state index in [2.05, 4.69) is 13.5 Å². The highest BCUT2D eigenvalue weighted by molar-refractivity contribution is 7.92. The van der Waals surface area contributed by atoms with Crippen LogP contribution in [0, 0.1) is 0 Å². The van der Waals surface area contributed by atoms with Crippen LogP contribution in [0.4, 0.5) is 5.69 Å². The summed E-state index contributed by atoms with van der Waals surface area (Å²) < 4.78 is 46.5. The number of aromatic nitrogens is 2. The topological polar surface area (TPSA) is 90.4 Å². The Kier molecular flexibility index (Phi) is 4.48. The predicted molar refractivity (Wildman–Crippen MR) is 92.8 cm³/mol. The van der Waals surface area contributed by atoms with Gasteiger partial charge in [-0.25, -0.2) is 8.42 Å². The first-order chi connectivity index (χ1) is 11.5. The summed E-state index contributed by atoms with van der Waals surface area (Å²) in [5, 5.41) is 0.223. The largest absolute Gasteiger partial charge is 0.497 e. The first-order valence-corrected chi connectivity index (χ1v) is 9.21. The van der Waals surface area contributed by atoms with Gasteiger partial charge in [-0.15, -0.1) is 0 Å². The molecule has 1 N–H and O–H groups in total. The zero-order valence-corrected chi connectivity index (χ0v) is 15.0. The molecule has 0 amide bonds. The lowest BCUT2D eigenvalue weighted by Crippen LogP contribution is -2.15. The molecule has 1 heterocycles. The van der Waals surface area contributed by atoms with Crippen molar-refractivity contribution in [2.24, 2.45) is 0 Å². The van der Waals surface area contributed by atoms with E-state index in [9.17, 15) is 8.42 Å². The smallest absolute Gasteiger partial charge is 0.265 e. The number of hydrogen-bond donors (Lipinski definition) is 1. The second-order valence-electron chi connectivity index (χ2n) is 4.68. The van der Waals surface area contributed by atoms with E-state index in [1.54, 1.807) is 18.2 Å². The quantitative estimate of drug-likeness (QED) is 0.725. The molecule has 0 saturated carbocycles. The number of rotatable bonds is 5. The summed E-state index contributed by atoms with van der Waals surface area (Å²) in [6.45, 7) is 0. The highest BCUT2D eigenvalue weighted by Gasteiger charge is 2.23. The Labute approximate surface area is 147 Å². The van der Waals surface area contributed by atoms with E-state index in [0.29, 0.717) is 16.8 Å². The van der Waals surface area contributed by atoms with Crippen LogP contribution < -0.4 is 14.2 Å². The first-order valence-electron chi connectivity index (χ1n) is 6.62. The highest BCUT2D eigenvalue weighted by Crippen LogP contribution is 2.34. The lowest BCUT2D eigenvalue weighted by atomic mass is 10.3. The number of ether oxygens (including phenoxy) is 2. The third-order valence-corrected chi connectivity index (χ3v) is 5.50. The van der Waals surface area contributed by atoms with Gasteiger partial charge in [-0.05, 0) is 24.3 Å². The molecule has 0 aliphatic carbocycles. The van der Waals surface area contributed by atoms with Gasteiger partial charge in [0.2, 0.25) is 0 Å². The van der Waals surface area contributed by atoms with Crippen LogP contribution in [-0.4, -0.2) is 31.4 Å². The zero-order chi connectivity index (χ0) is 17.3. The third kappa shape index (κ3) is 2.97. The summed E-state index contributed by atoms with van der Waals surface area (Å²) in [6, 6.07) is 7.72. The molecule has 3 rings (SSSR count). The number of anilines is 1. The minimum absolute atomic E-state index is 0.0689. The maximum atomic E-state index is 12.8. The molecule has 126 valence electrons. The summed E-state index contributed by atoms with van der Waals surface area (Å²) in [5.74, 6) is 0.568. The van der Waals surface area contributed by atoms with E-state index in [4.69, 9.17) is 21.1 Å². The summed E-state index contributed by atoms with van der Waals surface area (Å²) in [5.41, 5.74) is 1.12. The van der Waals surface area contributed by atoms with Crippen molar-refractivity contribution in [3.63, 3.8) is 0 Å². The van der Waals surface area contributed by atoms with Crippen LogP contribution in [0.25, 0.3) is 11.0 Å². The van der Waals surface area contributed by atoms with Gasteiger partial charge in [-0.1, -0.05) is 11.6 Å². The molecule has 10 heteroatoms. The fourth-order valence-electron chi connectivity index (χ4n) is 2.11. The summed E-state index contributed by atoms with van der Waals surface area (Å²) in [4.78, 5) is -0.0689. The van der Waals surface area contributed by atoms with Crippen molar-refractivity contribution in [2.45, 2.75) is 4.90 Å². The number of sulfonamides is 1.